The van der Waals surface area contributed by atoms with Crippen molar-refractivity contribution in [2.75, 3.05) is 20.1 Å². The van der Waals surface area contributed by atoms with E-state index in [1.807, 2.05) is 11.7 Å². The van der Waals surface area contributed by atoms with Crippen LogP contribution >= 0.6 is 0 Å². The Morgan fingerprint density at radius 3 is 2.32 bits per heavy atom. The van der Waals surface area contributed by atoms with Crippen molar-refractivity contribution in [2.45, 2.75) is 46.6 Å². The number of aryl methyl sites for hydroxylation is 1. The van der Waals surface area contributed by atoms with E-state index in [-0.39, 0.29) is 10.8 Å². The van der Waals surface area contributed by atoms with Crippen LogP contribution in [0.3, 0.4) is 0 Å². The molecule has 1 aromatic rings. The molecular weight excluding hydrogens is 236 g/mol. The average Bonchev–Trinajstić information content (AvgIpc) is 2.58. The molecule has 0 amide bonds. The molecule has 0 saturated heterocycles. The summed E-state index contributed by atoms with van der Waals surface area (Å²) in [6.07, 6.45) is 2.13. The maximum absolute atomic E-state index is 5.81. The van der Waals surface area contributed by atoms with Crippen LogP contribution in [-0.2, 0) is 19.0 Å². The van der Waals surface area contributed by atoms with Crippen LogP contribution in [0.5, 0.6) is 0 Å². The highest BCUT2D eigenvalue weighted by Gasteiger charge is 2.24. The number of rotatable bonds is 5. The Morgan fingerprint density at radius 1 is 1.26 bits per heavy atom. The van der Waals surface area contributed by atoms with Crippen molar-refractivity contribution in [3.8, 4) is 0 Å². The molecule has 0 spiro atoms. The molecule has 0 fully saturated rings. The third-order valence-corrected chi connectivity index (χ3v) is 3.31. The van der Waals surface area contributed by atoms with Gasteiger partial charge in [0.15, 0.2) is 0 Å². The summed E-state index contributed by atoms with van der Waals surface area (Å²) in [6.45, 7) is 13.7. The second-order valence-electron chi connectivity index (χ2n) is 7.47. The highest BCUT2D eigenvalue weighted by atomic mass is 15.3. The number of hydrogen-bond donors (Lipinski definition) is 1. The minimum atomic E-state index is 0.0841. The van der Waals surface area contributed by atoms with Crippen LogP contribution in [0.15, 0.2) is 6.20 Å². The molecule has 0 aliphatic heterocycles. The second kappa shape index (κ2) is 5.63. The van der Waals surface area contributed by atoms with Gasteiger partial charge in [-0.2, -0.15) is 5.10 Å². The number of nitrogens with two attached hydrogens (primary N) is 1. The lowest BCUT2D eigenvalue weighted by molar-refractivity contribution is 0.209. The van der Waals surface area contributed by atoms with Crippen LogP contribution in [-0.4, -0.2) is 34.8 Å². The highest BCUT2D eigenvalue weighted by Crippen LogP contribution is 2.25. The van der Waals surface area contributed by atoms with Crippen LogP contribution in [0, 0.1) is 5.41 Å². The first-order valence-electron chi connectivity index (χ1n) is 6.97. The van der Waals surface area contributed by atoms with E-state index in [0.717, 1.165) is 13.1 Å². The van der Waals surface area contributed by atoms with Gasteiger partial charge < -0.3 is 10.6 Å². The summed E-state index contributed by atoms with van der Waals surface area (Å²) in [7, 11) is 4.14. The summed E-state index contributed by atoms with van der Waals surface area (Å²) in [5, 5.41) is 4.62. The summed E-state index contributed by atoms with van der Waals surface area (Å²) in [5.74, 6) is 0. The molecule has 0 saturated carbocycles. The molecule has 0 bridgehead atoms. The number of nitrogens with zero attached hydrogens (tertiary/aromatic N) is 3. The van der Waals surface area contributed by atoms with Crippen molar-refractivity contribution < 1.29 is 0 Å². The Kier molecular flexibility index (Phi) is 4.80. The van der Waals surface area contributed by atoms with Crippen molar-refractivity contribution in [1.29, 1.82) is 0 Å². The normalized spacial score (nSPS) is 13.3. The molecule has 1 heterocycles. The summed E-state index contributed by atoms with van der Waals surface area (Å²) >= 11 is 0. The minimum absolute atomic E-state index is 0.0841. The standard InChI is InChI=1S/C15H30N4/c1-14(2,3)13-12(9-19(7)17-13)8-18(6)11-15(4,5)10-16/h9H,8,10-11,16H2,1-7H3. The van der Waals surface area contributed by atoms with Crippen LogP contribution in [0.4, 0.5) is 0 Å². The lowest BCUT2D eigenvalue weighted by atomic mass is 9.89. The lowest BCUT2D eigenvalue weighted by Gasteiger charge is -2.29. The van der Waals surface area contributed by atoms with Crippen molar-refractivity contribution in [3.63, 3.8) is 0 Å². The Morgan fingerprint density at radius 2 is 1.84 bits per heavy atom. The van der Waals surface area contributed by atoms with Gasteiger partial charge in [0.2, 0.25) is 0 Å². The topological polar surface area (TPSA) is 47.1 Å². The van der Waals surface area contributed by atoms with Gasteiger partial charge in [0.25, 0.3) is 0 Å². The Hall–Kier alpha value is -0.870. The highest BCUT2D eigenvalue weighted by molar-refractivity contribution is 5.23. The lowest BCUT2D eigenvalue weighted by Crippen LogP contribution is -2.36. The second-order valence-corrected chi connectivity index (χ2v) is 7.47. The first-order valence-corrected chi connectivity index (χ1v) is 6.97. The van der Waals surface area contributed by atoms with Gasteiger partial charge in [-0.25, -0.2) is 0 Å². The summed E-state index contributed by atoms with van der Waals surface area (Å²) in [4.78, 5) is 2.33. The molecule has 1 rings (SSSR count). The van der Waals surface area contributed by atoms with E-state index in [0.29, 0.717) is 6.54 Å². The predicted molar refractivity (Wildman–Crippen MR) is 81.1 cm³/mol. The van der Waals surface area contributed by atoms with Gasteiger partial charge in [-0.15, -0.1) is 0 Å². The van der Waals surface area contributed by atoms with Crippen molar-refractivity contribution in [3.05, 3.63) is 17.5 Å². The molecule has 0 aliphatic rings. The Labute approximate surface area is 118 Å². The first kappa shape index (κ1) is 16.2. The molecule has 0 radical (unpaired) electrons. The molecule has 4 nitrogen and oxygen atoms in total. The van der Waals surface area contributed by atoms with E-state index < -0.39 is 0 Å². The van der Waals surface area contributed by atoms with Crippen molar-refractivity contribution in [1.82, 2.24) is 14.7 Å². The maximum atomic E-state index is 5.81. The van der Waals surface area contributed by atoms with Gasteiger partial charge in [0, 0.05) is 37.3 Å². The van der Waals surface area contributed by atoms with E-state index in [4.69, 9.17) is 5.73 Å². The van der Waals surface area contributed by atoms with Gasteiger partial charge in [0.05, 0.1) is 5.69 Å². The monoisotopic (exact) mass is 266 g/mol. The van der Waals surface area contributed by atoms with Crippen LogP contribution < -0.4 is 5.73 Å². The fourth-order valence-corrected chi connectivity index (χ4v) is 2.43. The Balaban J connectivity index is 2.83. The molecule has 2 N–H and O–H groups in total. The molecule has 110 valence electrons. The van der Waals surface area contributed by atoms with Crippen LogP contribution in [0.1, 0.15) is 45.9 Å². The molecule has 0 aliphatic carbocycles. The third-order valence-electron chi connectivity index (χ3n) is 3.31. The first-order chi connectivity index (χ1) is 8.55. The molecule has 19 heavy (non-hydrogen) atoms. The quantitative estimate of drug-likeness (QED) is 0.888. The Bertz CT molecular complexity index is 412. The van der Waals surface area contributed by atoms with Gasteiger partial charge in [-0.1, -0.05) is 34.6 Å². The maximum Gasteiger partial charge on any atom is 0.0722 e. The number of hydrogen-bond acceptors (Lipinski definition) is 3. The van der Waals surface area contributed by atoms with Gasteiger partial charge in [-0.3, -0.25) is 4.68 Å². The zero-order valence-electron chi connectivity index (χ0n) is 13.6. The van der Waals surface area contributed by atoms with Crippen molar-refractivity contribution in [2.24, 2.45) is 18.2 Å². The third kappa shape index (κ3) is 4.62. The predicted octanol–water partition coefficient (Wildman–Crippen LogP) is 2.13. The fraction of sp³-hybridized carbons (Fsp3) is 0.800. The molecule has 0 atom stereocenters. The summed E-state index contributed by atoms with van der Waals surface area (Å²) in [5.41, 5.74) is 8.54. The molecule has 4 heteroatoms. The van der Waals surface area contributed by atoms with Gasteiger partial charge >= 0.3 is 0 Å². The molecule has 0 aromatic carbocycles. The van der Waals surface area contributed by atoms with E-state index >= 15 is 0 Å². The van der Waals surface area contributed by atoms with Gasteiger partial charge in [-0.05, 0) is 19.0 Å². The van der Waals surface area contributed by atoms with E-state index in [1.165, 1.54) is 11.3 Å². The number of aromatic nitrogens is 2. The molecule has 0 unspecified atom stereocenters. The SMILES string of the molecule is CN(Cc1cn(C)nc1C(C)(C)C)CC(C)(C)CN. The zero-order valence-corrected chi connectivity index (χ0v) is 13.6. The van der Waals surface area contributed by atoms with Gasteiger partial charge in [0.1, 0.15) is 0 Å². The van der Waals surface area contributed by atoms with Crippen LogP contribution in [0.25, 0.3) is 0 Å². The summed E-state index contributed by atoms with van der Waals surface area (Å²) < 4.78 is 1.91. The van der Waals surface area contributed by atoms with E-state index in [9.17, 15) is 0 Å². The molecular formula is C15H30N4. The van der Waals surface area contributed by atoms with E-state index in [2.05, 4.69) is 57.9 Å². The average molecular weight is 266 g/mol. The smallest absolute Gasteiger partial charge is 0.0722 e. The zero-order chi connectivity index (χ0) is 14.8. The van der Waals surface area contributed by atoms with Crippen LogP contribution in [0.2, 0.25) is 0 Å². The fourth-order valence-electron chi connectivity index (χ4n) is 2.43. The van der Waals surface area contributed by atoms with E-state index in [1.54, 1.807) is 0 Å². The molecule has 1 aromatic heterocycles. The minimum Gasteiger partial charge on any atom is -0.330 e. The van der Waals surface area contributed by atoms with Crippen molar-refractivity contribution >= 4 is 0 Å². The largest absolute Gasteiger partial charge is 0.330 e. The summed E-state index contributed by atoms with van der Waals surface area (Å²) in [6, 6.07) is 0.